The lowest BCUT2D eigenvalue weighted by Gasteiger charge is -2.05. The molecule has 0 atom stereocenters. The minimum atomic E-state index is -0.370. The van der Waals surface area contributed by atoms with Crippen LogP contribution < -0.4 is 10.9 Å². The average molecular weight is 390 g/mol. The molecule has 3 heterocycles. The van der Waals surface area contributed by atoms with Crippen LogP contribution in [0.5, 0.6) is 0 Å². The predicted octanol–water partition coefficient (Wildman–Crippen LogP) is 2.28. The molecule has 0 unspecified atom stereocenters. The van der Waals surface area contributed by atoms with Gasteiger partial charge in [0.1, 0.15) is 17.5 Å². The summed E-state index contributed by atoms with van der Waals surface area (Å²) < 4.78 is 12.0. The van der Waals surface area contributed by atoms with Gasteiger partial charge in [-0.3, -0.25) is 14.2 Å². The summed E-state index contributed by atoms with van der Waals surface area (Å²) in [5, 5.41) is 5.97. The number of hydrogen-bond donors (Lipinski definition) is 1. The van der Waals surface area contributed by atoms with Crippen LogP contribution in [0.4, 0.5) is 0 Å². The van der Waals surface area contributed by atoms with Crippen molar-refractivity contribution >= 4 is 28.3 Å². The molecule has 27 heavy (non-hydrogen) atoms. The van der Waals surface area contributed by atoms with Crippen LogP contribution in [-0.4, -0.2) is 34.2 Å². The largest absolute Gasteiger partial charge is 0.442 e. The molecule has 0 spiro atoms. The molecule has 0 saturated carbocycles. The Morgan fingerprint density at radius 2 is 2.26 bits per heavy atom. The van der Waals surface area contributed by atoms with Crippen LogP contribution in [0.25, 0.3) is 11.1 Å². The second-order valence-corrected chi connectivity index (χ2v) is 7.01. The van der Waals surface area contributed by atoms with Crippen molar-refractivity contribution in [2.24, 2.45) is 0 Å². The topological polar surface area (TPSA) is 99.3 Å². The molecular weight excluding hydrogens is 368 g/mol. The van der Waals surface area contributed by atoms with Gasteiger partial charge in [0.15, 0.2) is 0 Å². The van der Waals surface area contributed by atoms with Crippen molar-refractivity contribution in [1.82, 2.24) is 19.9 Å². The van der Waals surface area contributed by atoms with Gasteiger partial charge in [0, 0.05) is 25.6 Å². The Balaban J connectivity index is 1.85. The van der Waals surface area contributed by atoms with Crippen LogP contribution in [0.2, 0.25) is 0 Å². The van der Waals surface area contributed by atoms with E-state index in [4.69, 9.17) is 9.15 Å². The number of amides is 1. The monoisotopic (exact) mass is 390 g/mol. The first-order valence-electron chi connectivity index (χ1n) is 8.74. The molecule has 0 aliphatic rings. The van der Waals surface area contributed by atoms with Crippen molar-refractivity contribution in [2.75, 3.05) is 13.7 Å². The number of furan rings is 1. The lowest BCUT2D eigenvalue weighted by molar-refractivity contribution is 0.0950. The highest BCUT2D eigenvalue weighted by molar-refractivity contribution is 7.09. The molecule has 0 aliphatic heterocycles. The smallest absolute Gasteiger partial charge is 0.265 e. The van der Waals surface area contributed by atoms with Crippen molar-refractivity contribution in [3.63, 3.8) is 0 Å². The predicted molar refractivity (Wildman–Crippen MR) is 102 cm³/mol. The van der Waals surface area contributed by atoms with Gasteiger partial charge in [0.25, 0.3) is 11.5 Å². The summed E-state index contributed by atoms with van der Waals surface area (Å²) in [6.45, 7) is 4.98. The Bertz CT molecular complexity index is 1000. The zero-order chi connectivity index (χ0) is 19.4. The van der Waals surface area contributed by atoms with E-state index in [1.54, 1.807) is 25.4 Å². The van der Waals surface area contributed by atoms with Crippen LogP contribution >= 0.6 is 11.3 Å². The maximum Gasteiger partial charge on any atom is 0.265 e. The van der Waals surface area contributed by atoms with E-state index >= 15 is 0 Å². The summed E-state index contributed by atoms with van der Waals surface area (Å²) in [5.74, 6) is 0.0000987. The van der Waals surface area contributed by atoms with Gasteiger partial charge in [-0.05, 0) is 19.8 Å². The average Bonchev–Trinajstić information content (AvgIpc) is 3.25. The van der Waals surface area contributed by atoms with E-state index in [0.717, 1.165) is 17.1 Å². The number of carbonyl (C=O) groups is 1. The van der Waals surface area contributed by atoms with Crippen LogP contribution in [0.3, 0.4) is 0 Å². The minimum absolute atomic E-state index is 0.174. The Kier molecular flexibility index (Phi) is 6.02. The number of aromatic nitrogens is 3. The third kappa shape index (κ3) is 4.09. The number of rotatable bonds is 8. The maximum atomic E-state index is 12.8. The quantitative estimate of drug-likeness (QED) is 0.593. The van der Waals surface area contributed by atoms with Crippen molar-refractivity contribution in [1.29, 1.82) is 0 Å². The third-order valence-electron chi connectivity index (χ3n) is 4.16. The molecule has 9 heteroatoms. The summed E-state index contributed by atoms with van der Waals surface area (Å²) in [6, 6.07) is 0. The van der Waals surface area contributed by atoms with Crippen LogP contribution in [0.1, 0.15) is 40.2 Å². The molecule has 8 nitrogen and oxygen atoms in total. The van der Waals surface area contributed by atoms with E-state index < -0.39 is 0 Å². The molecule has 3 aromatic rings. The van der Waals surface area contributed by atoms with E-state index in [2.05, 4.69) is 15.3 Å². The van der Waals surface area contributed by atoms with Gasteiger partial charge in [0.05, 0.1) is 22.8 Å². The number of thiazole rings is 1. The van der Waals surface area contributed by atoms with Crippen molar-refractivity contribution in [2.45, 2.75) is 39.8 Å². The fourth-order valence-electron chi connectivity index (χ4n) is 2.80. The number of methoxy groups -OCH3 is 1. The number of carbonyl (C=O) groups excluding carboxylic acids is 1. The minimum Gasteiger partial charge on any atom is -0.442 e. The number of aryl methyl sites for hydroxylation is 3. The fraction of sp³-hybridized carbons (Fsp3) is 0.444. The van der Waals surface area contributed by atoms with Crippen molar-refractivity contribution < 1.29 is 13.9 Å². The molecule has 0 bridgehead atoms. The summed E-state index contributed by atoms with van der Waals surface area (Å²) >= 11 is 1.56. The molecular formula is C18H22N4O4S. The highest BCUT2D eigenvalue weighted by Crippen LogP contribution is 2.21. The lowest BCUT2D eigenvalue weighted by atomic mass is 10.1. The third-order valence-corrected chi connectivity index (χ3v) is 5.20. The Morgan fingerprint density at radius 3 is 2.96 bits per heavy atom. The van der Waals surface area contributed by atoms with Crippen LogP contribution in [0.15, 0.2) is 20.9 Å². The van der Waals surface area contributed by atoms with Gasteiger partial charge in [-0.1, -0.05) is 6.92 Å². The van der Waals surface area contributed by atoms with Gasteiger partial charge < -0.3 is 14.5 Å². The first-order chi connectivity index (χ1) is 13.0. The second kappa shape index (κ2) is 8.45. The SMILES string of the molecule is CCc1nc(CNC(=O)c2c(C)oc3ncn(CCCOC)c(=O)c23)cs1. The number of nitrogens with zero attached hydrogens (tertiary/aromatic N) is 3. The summed E-state index contributed by atoms with van der Waals surface area (Å²) in [4.78, 5) is 34.1. The van der Waals surface area contributed by atoms with Gasteiger partial charge in [-0.25, -0.2) is 9.97 Å². The molecule has 0 fully saturated rings. The van der Waals surface area contributed by atoms with Crippen LogP contribution in [0, 0.1) is 6.92 Å². The second-order valence-electron chi connectivity index (χ2n) is 6.07. The molecule has 144 valence electrons. The number of ether oxygens (including phenoxy) is 1. The number of nitrogens with one attached hydrogen (secondary N) is 1. The van der Waals surface area contributed by atoms with Gasteiger partial charge >= 0.3 is 0 Å². The van der Waals surface area contributed by atoms with E-state index in [0.29, 0.717) is 31.9 Å². The maximum absolute atomic E-state index is 12.8. The first kappa shape index (κ1) is 19.2. The molecule has 1 amide bonds. The molecule has 0 aromatic carbocycles. The van der Waals surface area contributed by atoms with E-state index in [1.165, 1.54) is 10.9 Å². The lowest BCUT2D eigenvalue weighted by Crippen LogP contribution is -2.27. The normalized spacial score (nSPS) is 11.2. The number of hydrogen-bond acceptors (Lipinski definition) is 7. The molecule has 1 N–H and O–H groups in total. The molecule has 0 radical (unpaired) electrons. The van der Waals surface area contributed by atoms with E-state index in [1.807, 2.05) is 12.3 Å². The standard InChI is InChI=1S/C18H22N4O4S/c1-4-13-21-12(9-27-13)8-19-16(23)14-11(2)26-17-15(14)18(24)22(10-20-17)6-5-7-25-3/h9-10H,4-8H2,1-3H3,(H,19,23). The molecule has 0 saturated heterocycles. The highest BCUT2D eigenvalue weighted by atomic mass is 32.1. The highest BCUT2D eigenvalue weighted by Gasteiger charge is 2.22. The molecule has 0 aliphatic carbocycles. The van der Waals surface area contributed by atoms with Gasteiger partial charge in [-0.2, -0.15) is 0 Å². The Hall–Kier alpha value is -2.52. The summed E-state index contributed by atoms with van der Waals surface area (Å²) in [5.41, 5.74) is 0.910. The number of fused-ring (bicyclic) bond motifs is 1. The van der Waals surface area contributed by atoms with E-state index in [9.17, 15) is 9.59 Å². The van der Waals surface area contributed by atoms with E-state index in [-0.39, 0.29) is 28.1 Å². The summed E-state index contributed by atoms with van der Waals surface area (Å²) in [7, 11) is 1.61. The fourth-order valence-corrected chi connectivity index (χ4v) is 3.55. The summed E-state index contributed by atoms with van der Waals surface area (Å²) in [6.07, 6.45) is 2.97. The van der Waals surface area contributed by atoms with Crippen LogP contribution in [-0.2, 0) is 24.2 Å². The van der Waals surface area contributed by atoms with Gasteiger partial charge in [0.2, 0.25) is 5.71 Å². The first-order valence-corrected chi connectivity index (χ1v) is 9.62. The van der Waals surface area contributed by atoms with Crippen molar-refractivity contribution in [3.05, 3.63) is 44.1 Å². The Morgan fingerprint density at radius 1 is 1.44 bits per heavy atom. The zero-order valence-corrected chi connectivity index (χ0v) is 16.4. The molecule has 3 aromatic heterocycles. The van der Waals surface area contributed by atoms with Crippen molar-refractivity contribution in [3.8, 4) is 0 Å². The molecule has 3 rings (SSSR count). The zero-order valence-electron chi connectivity index (χ0n) is 15.6. The van der Waals surface area contributed by atoms with Gasteiger partial charge in [-0.15, -0.1) is 11.3 Å². The Labute approximate surface area is 160 Å².